The molecule has 1 aliphatic rings. The van der Waals surface area contributed by atoms with Crippen molar-refractivity contribution in [2.45, 2.75) is 18.9 Å². The summed E-state index contributed by atoms with van der Waals surface area (Å²) in [6.45, 7) is 0. The van der Waals surface area contributed by atoms with Crippen molar-refractivity contribution in [3.05, 3.63) is 18.2 Å². The van der Waals surface area contributed by atoms with Crippen LogP contribution in [0.2, 0.25) is 0 Å². The Hall–Kier alpha value is -1.89. The van der Waals surface area contributed by atoms with Gasteiger partial charge in [-0.1, -0.05) is 0 Å². The standard InChI is InChI=1S/C11H12N2O2/c12-6-7-3-9(4-7)15-8-1-2-11(14)10(13)5-8/h1-2,5,7,9,14H,3-4,13H2/t7-,9-. The van der Waals surface area contributed by atoms with Crippen LogP contribution in [0.25, 0.3) is 0 Å². The SMILES string of the molecule is N#C[C@H]1C[C@H](Oc2ccc(O)c(N)c2)C1. The topological polar surface area (TPSA) is 79.3 Å². The van der Waals surface area contributed by atoms with Crippen molar-refractivity contribution in [3.8, 4) is 17.6 Å². The summed E-state index contributed by atoms with van der Waals surface area (Å²) in [7, 11) is 0. The molecule has 1 saturated carbocycles. The summed E-state index contributed by atoms with van der Waals surface area (Å²) in [4.78, 5) is 0. The highest BCUT2D eigenvalue weighted by atomic mass is 16.5. The molecule has 4 nitrogen and oxygen atoms in total. The monoisotopic (exact) mass is 204 g/mol. The second-order valence-corrected chi connectivity index (χ2v) is 3.76. The normalized spacial score (nSPS) is 23.9. The Labute approximate surface area is 87.9 Å². The van der Waals surface area contributed by atoms with Crippen LogP contribution in [0.5, 0.6) is 11.5 Å². The van der Waals surface area contributed by atoms with Crippen LogP contribution in [0.4, 0.5) is 5.69 Å². The lowest BCUT2D eigenvalue weighted by molar-refractivity contribution is 0.0893. The highest BCUT2D eigenvalue weighted by Gasteiger charge is 2.30. The molecule has 2 rings (SSSR count). The Bertz CT molecular complexity index is 406. The zero-order chi connectivity index (χ0) is 10.8. The van der Waals surface area contributed by atoms with Gasteiger partial charge in [-0.3, -0.25) is 0 Å². The molecule has 1 aromatic rings. The van der Waals surface area contributed by atoms with Gasteiger partial charge in [0.15, 0.2) is 0 Å². The van der Waals surface area contributed by atoms with Crippen LogP contribution in [0.15, 0.2) is 18.2 Å². The van der Waals surface area contributed by atoms with E-state index in [2.05, 4.69) is 6.07 Å². The van der Waals surface area contributed by atoms with E-state index in [1.54, 1.807) is 12.1 Å². The zero-order valence-corrected chi connectivity index (χ0v) is 8.18. The summed E-state index contributed by atoms with van der Waals surface area (Å²) in [6, 6.07) is 6.96. The summed E-state index contributed by atoms with van der Waals surface area (Å²) < 4.78 is 5.58. The van der Waals surface area contributed by atoms with Gasteiger partial charge >= 0.3 is 0 Å². The average molecular weight is 204 g/mol. The molecule has 0 atom stereocenters. The van der Waals surface area contributed by atoms with Gasteiger partial charge in [0.2, 0.25) is 0 Å². The van der Waals surface area contributed by atoms with E-state index in [1.807, 2.05) is 0 Å². The molecule has 0 aliphatic heterocycles. The molecule has 15 heavy (non-hydrogen) atoms. The molecule has 0 unspecified atom stereocenters. The highest BCUT2D eigenvalue weighted by Crippen LogP contribution is 2.32. The van der Waals surface area contributed by atoms with Gasteiger partial charge in [0.1, 0.15) is 17.6 Å². The first-order valence-corrected chi connectivity index (χ1v) is 4.84. The van der Waals surface area contributed by atoms with Crippen LogP contribution in [0.3, 0.4) is 0 Å². The van der Waals surface area contributed by atoms with Gasteiger partial charge in [0.05, 0.1) is 17.7 Å². The first-order chi connectivity index (χ1) is 7.19. The average Bonchev–Trinajstić information content (AvgIpc) is 2.16. The molecule has 0 spiro atoms. The quantitative estimate of drug-likeness (QED) is 0.567. The third kappa shape index (κ3) is 1.96. The summed E-state index contributed by atoms with van der Waals surface area (Å²) in [5.41, 5.74) is 5.84. The maximum absolute atomic E-state index is 9.21. The number of benzene rings is 1. The van der Waals surface area contributed by atoms with E-state index in [0.717, 1.165) is 12.8 Å². The number of aromatic hydroxyl groups is 1. The molecular formula is C11H12N2O2. The zero-order valence-electron chi connectivity index (χ0n) is 8.18. The number of hydrogen-bond donors (Lipinski definition) is 2. The fraction of sp³-hybridized carbons (Fsp3) is 0.364. The maximum atomic E-state index is 9.21. The van der Waals surface area contributed by atoms with Crippen molar-refractivity contribution in [2.24, 2.45) is 5.92 Å². The third-order valence-corrected chi connectivity index (χ3v) is 2.58. The predicted octanol–water partition coefficient (Wildman–Crippen LogP) is 1.66. The van der Waals surface area contributed by atoms with Gasteiger partial charge in [0.25, 0.3) is 0 Å². The highest BCUT2D eigenvalue weighted by molar-refractivity contribution is 5.55. The minimum atomic E-state index is 0.0610. The minimum Gasteiger partial charge on any atom is -0.506 e. The van der Waals surface area contributed by atoms with E-state index in [-0.39, 0.29) is 17.8 Å². The van der Waals surface area contributed by atoms with Crippen LogP contribution in [-0.4, -0.2) is 11.2 Å². The van der Waals surface area contributed by atoms with Crippen LogP contribution < -0.4 is 10.5 Å². The Balaban J connectivity index is 1.95. The first-order valence-electron chi connectivity index (χ1n) is 4.84. The molecule has 1 fully saturated rings. The smallest absolute Gasteiger partial charge is 0.138 e. The summed E-state index contributed by atoms with van der Waals surface area (Å²) in [5.74, 6) is 0.835. The van der Waals surface area contributed by atoms with Crippen molar-refractivity contribution in [3.63, 3.8) is 0 Å². The van der Waals surface area contributed by atoms with Crippen LogP contribution >= 0.6 is 0 Å². The van der Waals surface area contributed by atoms with Crippen LogP contribution in [0, 0.1) is 17.2 Å². The van der Waals surface area contributed by atoms with Gasteiger partial charge in [0, 0.05) is 18.9 Å². The molecule has 0 radical (unpaired) electrons. The Morgan fingerprint density at radius 3 is 2.80 bits per heavy atom. The lowest BCUT2D eigenvalue weighted by Crippen LogP contribution is -2.32. The van der Waals surface area contributed by atoms with E-state index >= 15 is 0 Å². The number of anilines is 1. The number of nitrogen functional groups attached to an aromatic ring is 1. The van der Waals surface area contributed by atoms with E-state index in [4.69, 9.17) is 15.7 Å². The van der Waals surface area contributed by atoms with Gasteiger partial charge in [-0.05, 0) is 12.1 Å². The second-order valence-electron chi connectivity index (χ2n) is 3.76. The number of nitriles is 1. The Morgan fingerprint density at radius 1 is 1.47 bits per heavy atom. The summed E-state index contributed by atoms with van der Waals surface area (Å²) >= 11 is 0. The molecule has 78 valence electrons. The number of ether oxygens (including phenoxy) is 1. The fourth-order valence-corrected chi connectivity index (χ4v) is 1.57. The van der Waals surface area contributed by atoms with E-state index in [9.17, 15) is 5.11 Å². The molecule has 0 aromatic heterocycles. The number of nitrogens with zero attached hydrogens (tertiary/aromatic N) is 1. The molecule has 0 amide bonds. The molecule has 0 bridgehead atoms. The Kier molecular flexibility index (Phi) is 2.38. The molecule has 1 aliphatic carbocycles. The van der Waals surface area contributed by atoms with Crippen molar-refractivity contribution >= 4 is 5.69 Å². The molecule has 4 heteroatoms. The van der Waals surface area contributed by atoms with Crippen molar-refractivity contribution in [1.29, 1.82) is 5.26 Å². The van der Waals surface area contributed by atoms with Crippen molar-refractivity contribution in [2.75, 3.05) is 5.73 Å². The lowest BCUT2D eigenvalue weighted by Gasteiger charge is -2.30. The minimum absolute atomic E-state index is 0.0610. The number of nitrogens with two attached hydrogens (primary N) is 1. The number of hydrogen-bond acceptors (Lipinski definition) is 4. The second kappa shape index (κ2) is 3.70. The third-order valence-electron chi connectivity index (χ3n) is 2.58. The Morgan fingerprint density at radius 2 is 2.20 bits per heavy atom. The fourth-order valence-electron chi connectivity index (χ4n) is 1.57. The van der Waals surface area contributed by atoms with Crippen LogP contribution in [0.1, 0.15) is 12.8 Å². The van der Waals surface area contributed by atoms with Crippen molar-refractivity contribution in [1.82, 2.24) is 0 Å². The lowest BCUT2D eigenvalue weighted by atomic mass is 9.83. The molecule has 3 N–H and O–H groups in total. The van der Waals surface area contributed by atoms with Crippen LogP contribution in [-0.2, 0) is 0 Å². The summed E-state index contributed by atoms with van der Waals surface area (Å²) in [5, 5.41) is 17.8. The maximum Gasteiger partial charge on any atom is 0.138 e. The van der Waals surface area contributed by atoms with Crippen molar-refractivity contribution < 1.29 is 9.84 Å². The largest absolute Gasteiger partial charge is 0.506 e. The predicted molar refractivity (Wildman–Crippen MR) is 55.3 cm³/mol. The molecule has 1 aromatic carbocycles. The van der Waals surface area contributed by atoms with Gasteiger partial charge < -0.3 is 15.6 Å². The van der Waals surface area contributed by atoms with E-state index < -0.39 is 0 Å². The van der Waals surface area contributed by atoms with E-state index in [0.29, 0.717) is 11.4 Å². The number of phenolic OH excluding ortho intramolecular Hbond substituents is 1. The van der Waals surface area contributed by atoms with Gasteiger partial charge in [-0.25, -0.2) is 0 Å². The molecular weight excluding hydrogens is 192 g/mol. The summed E-state index contributed by atoms with van der Waals surface area (Å²) in [6.07, 6.45) is 1.66. The molecule has 0 heterocycles. The first kappa shape index (κ1) is 9.66. The molecule has 0 saturated heterocycles. The number of rotatable bonds is 2. The number of phenols is 1. The van der Waals surface area contributed by atoms with E-state index in [1.165, 1.54) is 6.07 Å². The van der Waals surface area contributed by atoms with Gasteiger partial charge in [-0.2, -0.15) is 5.26 Å². The van der Waals surface area contributed by atoms with Gasteiger partial charge in [-0.15, -0.1) is 0 Å².